The van der Waals surface area contributed by atoms with Crippen molar-refractivity contribution in [1.29, 1.82) is 0 Å². The number of hydrogen-bond acceptors (Lipinski definition) is 13. The number of rotatable bonds is 19. The molecule has 646 valence electrons. The van der Waals surface area contributed by atoms with Crippen molar-refractivity contribution < 1.29 is 64.6 Å². The van der Waals surface area contributed by atoms with Crippen LogP contribution in [0.3, 0.4) is 0 Å². The largest absolute Gasteiger partial charge is 0.498 e. The van der Waals surface area contributed by atoms with Crippen LogP contribution in [0.25, 0.3) is 0 Å². The maximum Gasteiger partial charge on any atom is 0.302 e. The van der Waals surface area contributed by atoms with Crippen molar-refractivity contribution in [2.45, 2.75) is 322 Å². The van der Waals surface area contributed by atoms with Crippen LogP contribution in [0.4, 0.5) is 0 Å². The van der Waals surface area contributed by atoms with Crippen LogP contribution in [0.2, 0.25) is 0 Å². The third-order valence-corrected chi connectivity index (χ3v) is 42.5. The van der Waals surface area contributed by atoms with Crippen LogP contribution in [0.15, 0.2) is 73.5 Å². The van der Waals surface area contributed by atoms with E-state index in [4.69, 9.17) is 18.9 Å². The molecule has 0 amide bonds. The molecule has 8 N–H and O–H groups in total. The second-order valence-corrected chi connectivity index (χ2v) is 46.0. The van der Waals surface area contributed by atoms with Crippen LogP contribution >= 0.6 is 0 Å². The Morgan fingerprint density at radius 3 is 1.01 bits per heavy atom. The molecule has 9 unspecified atom stereocenters. The second-order valence-electron chi connectivity index (χ2n) is 46.0. The van der Waals surface area contributed by atoms with Crippen molar-refractivity contribution in [2.24, 2.45) is 170 Å². The molecule has 15 fully saturated rings. The standard InChI is InChI=1S/C35H56O5.2C33H54O4/c1-22(2)40-21-35-16-11-25(23(3)19-39-24(4)37)30(35)26-9-10-28-31(5)14-13-29(38)32(6,20-36)27(31)12-15-34(28,8)33(26,7)17-18-35;1-21(2)37-20-33-15-10-23(22(3)18-34)28(33)24-8-9-26-29(4)13-12-27(36)30(5,19-35)25(29)11-14-32(26,7)31(24,6)16-17-33;1-8-37-22(3)33-16-11-23(21(2)19-34)28(33)24-9-10-26-29(4)14-13-27(36)30(5,20-35)25(29)12-15-32(26,7)31(24,6)17-18-33/h25-30,36,38H,1,3,9-21H2,2,4-8H3;23-28,34-36H,1,3,8-20H2,2,4-7H3;23-28,34-36H,2-3,8-20H2,1,4-7H3/t25-,26?,27+,28?,29-,30?,31-,32-,33+,34+,35+;2*23-,24?,25+,26?,27-,28?,29-,30-,31+,32+,33+/m000/s1. The van der Waals surface area contributed by atoms with E-state index in [1.807, 2.05) is 13.8 Å². The van der Waals surface area contributed by atoms with E-state index in [2.05, 4.69) is 129 Å². The number of hydrogen-bond donors (Lipinski definition) is 8. The molecule has 0 aromatic heterocycles. The first-order valence-electron chi connectivity index (χ1n) is 46.5. The fourth-order valence-electron chi connectivity index (χ4n) is 35.9. The van der Waals surface area contributed by atoms with Gasteiger partial charge in [0.15, 0.2) is 0 Å². The molecule has 0 bridgehead atoms. The molecule has 33 atom stereocenters. The van der Waals surface area contributed by atoms with Crippen molar-refractivity contribution >= 4 is 5.97 Å². The zero-order valence-electron chi connectivity index (χ0n) is 74.8. The van der Waals surface area contributed by atoms with E-state index in [1.54, 1.807) is 0 Å². The topological polar surface area (TPSA) is 216 Å². The van der Waals surface area contributed by atoms with E-state index in [0.717, 1.165) is 163 Å². The second kappa shape index (κ2) is 31.1. The summed E-state index contributed by atoms with van der Waals surface area (Å²) in [5.41, 5.74) is 3.83. The molecule has 15 aliphatic rings. The van der Waals surface area contributed by atoms with Crippen molar-refractivity contribution in [1.82, 2.24) is 0 Å². The van der Waals surface area contributed by atoms with E-state index >= 15 is 0 Å². The Kier molecular flexibility index (Phi) is 24.2. The van der Waals surface area contributed by atoms with Gasteiger partial charge in [0.25, 0.3) is 0 Å². The van der Waals surface area contributed by atoms with Crippen molar-refractivity contribution in [3.05, 3.63) is 73.5 Å². The number of fused-ring (bicyclic) bond motifs is 21. The number of esters is 1. The van der Waals surface area contributed by atoms with Crippen molar-refractivity contribution in [3.8, 4) is 0 Å². The minimum absolute atomic E-state index is 0.00231. The molecule has 0 aromatic carbocycles. The van der Waals surface area contributed by atoms with Gasteiger partial charge in [0.2, 0.25) is 0 Å². The summed E-state index contributed by atoms with van der Waals surface area (Å²) in [6.45, 7) is 65.8. The van der Waals surface area contributed by atoms with Gasteiger partial charge in [0.1, 0.15) is 6.61 Å². The highest BCUT2D eigenvalue weighted by molar-refractivity contribution is 5.66. The number of ether oxygens (including phenoxy) is 4. The lowest BCUT2D eigenvalue weighted by atomic mass is 9.32. The molecule has 0 spiro atoms. The normalized spacial score (nSPS) is 51.7. The molecule has 0 radical (unpaired) electrons. The molecule has 13 heteroatoms. The van der Waals surface area contributed by atoms with Crippen LogP contribution in [-0.4, -0.2) is 125 Å². The summed E-state index contributed by atoms with van der Waals surface area (Å²) in [7, 11) is 0. The van der Waals surface area contributed by atoms with Crippen LogP contribution in [0.1, 0.15) is 303 Å². The minimum Gasteiger partial charge on any atom is -0.498 e. The molecule has 15 rings (SSSR count). The molecule has 114 heavy (non-hydrogen) atoms. The maximum absolute atomic E-state index is 11.7. The van der Waals surface area contributed by atoms with Gasteiger partial charge in [-0.25, -0.2) is 0 Å². The smallest absolute Gasteiger partial charge is 0.302 e. The van der Waals surface area contributed by atoms with Crippen molar-refractivity contribution in [3.63, 3.8) is 0 Å². The van der Waals surface area contributed by atoms with E-state index < -0.39 is 34.6 Å². The van der Waals surface area contributed by atoms with Gasteiger partial charge < -0.3 is 59.8 Å². The van der Waals surface area contributed by atoms with E-state index in [-0.39, 0.29) is 104 Å². The van der Waals surface area contributed by atoms with Gasteiger partial charge in [0.05, 0.1) is 88.4 Å². The lowest BCUT2D eigenvalue weighted by Crippen LogP contribution is -2.67. The minimum atomic E-state index is -0.419. The molecular weight excluding hydrogens is 1420 g/mol. The third kappa shape index (κ3) is 12.8. The summed E-state index contributed by atoms with van der Waals surface area (Å²) in [6, 6.07) is 0. The molecule has 13 nitrogen and oxygen atoms in total. The molecule has 0 saturated heterocycles. The first kappa shape index (κ1) is 88.8. The summed E-state index contributed by atoms with van der Waals surface area (Å²) >= 11 is 0. The molecule has 0 aromatic rings. The lowest BCUT2D eigenvalue weighted by Gasteiger charge is -2.73. The van der Waals surface area contributed by atoms with Gasteiger partial charge in [-0.05, 0) is 368 Å². The Bertz CT molecular complexity index is 3620. The fourth-order valence-corrected chi connectivity index (χ4v) is 35.9. The summed E-state index contributed by atoms with van der Waals surface area (Å²) in [5.74, 6) is 9.39. The average Bonchev–Trinajstić information content (AvgIpc) is 1.15. The number of aliphatic hydroxyl groups is 8. The quantitative estimate of drug-likeness (QED) is 0.0344. The van der Waals surface area contributed by atoms with Gasteiger partial charge in [-0.1, -0.05) is 123 Å². The van der Waals surface area contributed by atoms with Crippen molar-refractivity contribution in [2.75, 3.05) is 59.5 Å². The molecule has 15 aliphatic carbocycles. The van der Waals surface area contributed by atoms with Gasteiger partial charge in [-0.15, -0.1) is 0 Å². The summed E-state index contributed by atoms with van der Waals surface area (Å²) in [6.07, 6.45) is 32.2. The monoisotopic (exact) mass is 1590 g/mol. The average molecular weight is 1590 g/mol. The summed E-state index contributed by atoms with van der Waals surface area (Å²) in [4.78, 5) is 11.7. The van der Waals surface area contributed by atoms with E-state index in [1.165, 1.54) is 84.0 Å². The summed E-state index contributed by atoms with van der Waals surface area (Å²) in [5, 5.41) is 84.9. The Balaban J connectivity index is 0.000000149. The molecule has 0 aliphatic heterocycles. The number of allylic oxidation sites excluding steroid dienone is 3. The predicted octanol–water partition coefficient (Wildman–Crippen LogP) is 20.1. The Hall–Kier alpha value is -3.01. The number of carbonyl (C=O) groups excluding carboxylic acids is 1. The molecule has 0 heterocycles. The highest BCUT2D eigenvalue weighted by Gasteiger charge is 2.76. The van der Waals surface area contributed by atoms with Gasteiger partial charge in [0, 0.05) is 39.4 Å². The van der Waals surface area contributed by atoms with Crippen LogP contribution < -0.4 is 0 Å². The third-order valence-electron chi connectivity index (χ3n) is 42.5. The Labute approximate surface area is 691 Å². The molecular formula is C101H164O13. The first-order valence-corrected chi connectivity index (χ1v) is 46.5. The highest BCUT2D eigenvalue weighted by Crippen LogP contribution is 2.83. The van der Waals surface area contributed by atoms with Gasteiger partial charge in [-0.3, -0.25) is 4.79 Å². The Morgan fingerprint density at radius 1 is 0.342 bits per heavy atom. The van der Waals surface area contributed by atoms with E-state index in [0.29, 0.717) is 102 Å². The lowest BCUT2D eigenvalue weighted by molar-refractivity contribution is -0.255. The maximum atomic E-state index is 11.7. The zero-order chi connectivity index (χ0) is 83.3. The summed E-state index contributed by atoms with van der Waals surface area (Å²) < 4.78 is 24.1. The predicted molar refractivity (Wildman–Crippen MR) is 455 cm³/mol. The fraction of sp³-hybridized carbons (Fsp3) is 0.871. The Morgan fingerprint density at radius 2 is 0.675 bits per heavy atom. The first-order chi connectivity index (χ1) is 53.4. The van der Waals surface area contributed by atoms with Crippen LogP contribution in [-0.2, 0) is 23.7 Å². The number of aliphatic hydroxyl groups excluding tert-OH is 8. The highest BCUT2D eigenvalue weighted by atomic mass is 16.5. The van der Waals surface area contributed by atoms with E-state index in [9.17, 15) is 45.6 Å². The zero-order valence-corrected chi connectivity index (χ0v) is 74.8. The SMILES string of the molecule is C=C(C)OC[C@]12CC[C@@H](C(=C)CO)C1C1CCC3[C@@]4(C)CC[C@H](O)[C@@](C)(CO)[C@@H]4CC[C@@]3(C)[C@]1(C)CC2.C=C(C)OC[C@]12CC[C@@H](C(=C)COC(C)=O)C1C1CCC3[C@@]4(C)CC[C@H](O)[C@@](C)(CO)[C@@H]4CC[C@@]3(C)[C@]1(C)CC2.C=C(CO)[C@@H]1CC[C@]2(C(=C)OCC)CC[C@]3(C)C(CCC4[C@@]5(C)CC[C@H](O)[C@@](C)(CO)[C@@H]5CC[C@]43C)C12. The van der Waals surface area contributed by atoms with Crippen LogP contribution in [0.5, 0.6) is 0 Å². The number of carbonyl (C=O) groups is 1. The van der Waals surface area contributed by atoms with Gasteiger partial charge >= 0.3 is 5.97 Å². The van der Waals surface area contributed by atoms with Gasteiger partial charge in [-0.2, -0.15) is 0 Å². The van der Waals surface area contributed by atoms with Crippen LogP contribution in [0, 0.1) is 170 Å². The molecule has 15 saturated carbocycles.